The van der Waals surface area contributed by atoms with Crippen LogP contribution in [0.2, 0.25) is 0 Å². The van der Waals surface area contributed by atoms with Crippen LogP contribution in [0.1, 0.15) is 31.2 Å². The number of carbonyl (C=O) groups excluding carboxylic acids is 1. The van der Waals surface area contributed by atoms with Crippen LogP contribution in [0.4, 0.5) is 0 Å². The van der Waals surface area contributed by atoms with Crippen LogP contribution in [-0.2, 0) is 20.8 Å². The van der Waals surface area contributed by atoms with Gasteiger partial charge in [0.25, 0.3) is 0 Å². The number of hydrogen-bond donors (Lipinski definition) is 0. The van der Waals surface area contributed by atoms with E-state index >= 15 is 0 Å². The fourth-order valence-corrected chi connectivity index (χ4v) is 4.65. The summed E-state index contributed by atoms with van der Waals surface area (Å²) >= 11 is 0. The van der Waals surface area contributed by atoms with E-state index < -0.39 is 0 Å². The van der Waals surface area contributed by atoms with Gasteiger partial charge < -0.3 is 14.4 Å². The molecule has 3 atom stereocenters. The first kappa shape index (κ1) is 18.0. The van der Waals surface area contributed by atoms with Crippen LogP contribution < -0.4 is 0 Å². The molecule has 26 heavy (non-hydrogen) atoms. The molecule has 2 heterocycles. The van der Waals surface area contributed by atoms with Crippen molar-refractivity contribution in [1.29, 1.82) is 0 Å². The Labute approximate surface area is 156 Å². The Morgan fingerprint density at radius 1 is 1.12 bits per heavy atom. The van der Waals surface area contributed by atoms with Gasteiger partial charge in [-0.25, -0.2) is 0 Å². The lowest BCUT2D eigenvalue weighted by Crippen LogP contribution is -2.47. The molecule has 0 spiro atoms. The highest BCUT2D eigenvalue weighted by molar-refractivity contribution is 5.77. The van der Waals surface area contributed by atoms with Crippen LogP contribution in [0, 0.1) is 5.92 Å². The van der Waals surface area contributed by atoms with Crippen LogP contribution in [-0.4, -0.2) is 67.3 Å². The number of amides is 1. The van der Waals surface area contributed by atoms with Crippen LogP contribution >= 0.6 is 0 Å². The Kier molecular flexibility index (Phi) is 5.88. The number of morpholine rings is 1. The van der Waals surface area contributed by atoms with Gasteiger partial charge in [0.1, 0.15) is 6.61 Å². The van der Waals surface area contributed by atoms with Gasteiger partial charge in [0.05, 0.1) is 19.3 Å². The molecular weight excluding hydrogens is 328 g/mol. The van der Waals surface area contributed by atoms with Crippen molar-refractivity contribution < 1.29 is 14.3 Å². The smallest absolute Gasteiger partial charge is 0.248 e. The van der Waals surface area contributed by atoms with Crippen LogP contribution in [0.5, 0.6) is 0 Å². The van der Waals surface area contributed by atoms with Crippen molar-refractivity contribution in [3.63, 3.8) is 0 Å². The molecule has 2 saturated heterocycles. The molecule has 5 heteroatoms. The van der Waals surface area contributed by atoms with E-state index in [1.165, 1.54) is 5.56 Å². The predicted molar refractivity (Wildman–Crippen MR) is 99.7 cm³/mol. The maximum absolute atomic E-state index is 12.1. The second kappa shape index (κ2) is 8.51. The third-order valence-corrected chi connectivity index (χ3v) is 6.02. The van der Waals surface area contributed by atoms with E-state index in [-0.39, 0.29) is 12.5 Å². The van der Waals surface area contributed by atoms with Gasteiger partial charge in [-0.05, 0) is 37.2 Å². The van der Waals surface area contributed by atoms with Crippen molar-refractivity contribution >= 4 is 5.91 Å². The summed E-state index contributed by atoms with van der Waals surface area (Å²) in [5.41, 5.74) is 1.36. The minimum absolute atomic E-state index is 0.153. The second-order valence-corrected chi connectivity index (χ2v) is 7.87. The lowest BCUT2D eigenvalue weighted by molar-refractivity contribution is -0.135. The third-order valence-electron chi connectivity index (χ3n) is 6.02. The number of carbonyl (C=O) groups is 1. The molecular formula is C21H30N2O3. The quantitative estimate of drug-likeness (QED) is 0.783. The van der Waals surface area contributed by atoms with Crippen molar-refractivity contribution in [2.75, 3.05) is 39.5 Å². The molecule has 1 aliphatic carbocycles. The van der Waals surface area contributed by atoms with Gasteiger partial charge in [-0.3, -0.25) is 9.69 Å². The highest BCUT2D eigenvalue weighted by atomic mass is 16.5. The molecule has 5 nitrogen and oxygen atoms in total. The van der Waals surface area contributed by atoms with Crippen molar-refractivity contribution in [1.82, 2.24) is 9.80 Å². The molecule has 3 fully saturated rings. The van der Waals surface area contributed by atoms with E-state index in [1.54, 1.807) is 0 Å². The van der Waals surface area contributed by atoms with Crippen molar-refractivity contribution in [3.05, 3.63) is 35.9 Å². The van der Waals surface area contributed by atoms with E-state index in [1.807, 2.05) is 4.90 Å². The molecule has 1 unspecified atom stereocenters. The largest absolute Gasteiger partial charge is 0.375 e. The fraction of sp³-hybridized carbons (Fsp3) is 0.667. The molecule has 1 saturated carbocycles. The number of benzene rings is 1. The molecule has 0 radical (unpaired) electrons. The molecule has 0 aromatic heterocycles. The summed E-state index contributed by atoms with van der Waals surface area (Å²) < 4.78 is 11.8. The summed E-state index contributed by atoms with van der Waals surface area (Å²) in [5, 5.41) is 0. The zero-order valence-corrected chi connectivity index (χ0v) is 15.5. The first-order chi connectivity index (χ1) is 12.8. The van der Waals surface area contributed by atoms with Gasteiger partial charge >= 0.3 is 0 Å². The van der Waals surface area contributed by atoms with E-state index in [0.717, 1.165) is 58.5 Å². The lowest BCUT2D eigenvalue weighted by Gasteiger charge is -2.37. The molecule has 0 bridgehead atoms. The number of rotatable bonds is 6. The molecule has 1 aromatic carbocycles. The Balaban J connectivity index is 1.25. The Bertz CT molecular complexity index is 588. The summed E-state index contributed by atoms with van der Waals surface area (Å²) in [5.74, 6) is 0.646. The Morgan fingerprint density at radius 3 is 2.73 bits per heavy atom. The topological polar surface area (TPSA) is 42.0 Å². The molecule has 1 amide bonds. The number of fused-ring (bicyclic) bond motifs is 1. The highest BCUT2D eigenvalue weighted by Crippen LogP contribution is 2.35. The number of hydrogen-bond acceptors (Lipinski definition) is 4. The van der Waals surface area contributed by atoms with E-state index in [9.17, 15) is 4.79 Å². The normalized spacial score (nSPS) is 29.1. The zero-order valence-electron chi connectivity index (χ0n) is 15.5. The molecule has 3 aliphatic rings. The summed E-state index contributed by atoms with van der Waals surface area (Å²) in [6, 6.07) is 11.2. The van der Waals surface area contributed by atoms with Gasteiger partial charge in [-0.2, -0.15) is 0 Å². The second-order valence-electron chi connectivity index (χ2n) is 7.87. The first-order valence-corrected chi connectivity index (χ1v) is 10.0. The van der Waals surface area contributed by atoms with Gasteiger partial charge in [0.15, 0.2) is 0 Å². The van der Waals surface area contributed by atoms with E-state index in [2.05, 4.69) is 35.2 Å². The zero-order chi connectivity index (χ0) is 17.8. The fourth-order valence-electron chi connectivity index (χ4n) is 4.65. The van der Waals surface area contributed by atoms with Crippen molar-refractivity contribution in [2.45, 2.75) is 44.4 Å². The molecule has 4 rings (SSSR count). The summed E-state index contributed by atoms with van der Waals surface area (Å²) in [6.07, 6.45) is 4.73. The predicted octanol–water partition coefficient (Wildman–Crippen LogP) is 2.30. The highest BCUT2D eigenvalue weighted by Gasteiger charge is 2.41. The molecule has 2 aliphatic heterocycles. The first-order valence-electron chi connectivity index (χ1n) is 10.0. The van der Waals surface area contributed by atoms with Gasteiger partial charge in [-0.1, -0.05) is 30.3 Å². The van der Waals surface area contributed by atoms with Crippen molar-refractivity contribution in [3.8, 4) is 0 Å². The standard InChI is InChI=1S/C21H30N2O3/c24-21(22-8-4-5-9-22)16-25-15-18-12-19-20(13-18)26-11-10-23(19)14-17-6-2-1-3-7-17/h1-3,6-7,18-20H,4-5,8-16H2/t18?,19-,20-/m1/s1. The summed E-state index contributed by atoms with van der Waals surface area (Å²) in [7, 11) is 0. The van der Waals surface area contributed by atoms with Crippen LogP contribution in [0.15, 0.2) is 30.3 Å². The number of likely N-dealkylation sites (tertiary alicyclic amines) is 1. The minimum atomic E-state index is 0.153. The third kappa shape index (κ3) is 4.27. The van der Waals surface area contributed by atoms with Gasteiger partial charge in [-0.15, -0.1) is 0 Å². The van der Waals surface area contributed by atoms with Crippen LogP contribution in [0.3, 0.4) is 0 Å². The SMILES string of the molecule is O=C(COCC1C[C@@H]2[C@@H](C1)OCCN2Cc1ccccc1)N1CCCC1. The maximum atomic E-state index is 12.1. The molecule has 142 valence electrons. The lowest BCUT2D eigenvalue weighted by atomic mass is 10.1. The minimum Gasteiger partial charge on any atom is -0.375 e. The van der Waals surface area contributed by atoms with E-state index in [0.29, 0.717) is 24.7 Å². The average Bonchev–Trinajstić information content (AvgIpc) is 3.33. The van der Waals surface area contributed by atoms with Crippen LogP contribution in [0.25, 0.3) is 0 Å². The number of nitrogens with zero attached hydrogens (tertiary/aromatic N) is 2. The molecule has 0 N–H and O–H groups in total. The van der Waals surface area contributed by atoms with Gasteiger partial charge in [0.2, 0.25) is 5.91 Å². The van der Waals surface area contributed by atoms with E-state index in [4.69, 9.17) is 9.47 Å². The van der Waals surface area contributed by atoms with Crippen molar-refractivity contribution in [2.24, 2.45) is 5.92 Å². The summed E-state index contributed by atoms with van der Waals surface area (Å²) in [4.78, 5) is 16.6. The Morgan fingerprint density at radius 2 is 1.92 bits per heavy atom. The Hall–Kier alpha value is -1.43. The maximum Gasteiger partial charge on any atom is 0.248 e. The monoisotopic (exact) mass is 358 g/mol. The summed E-state index contributed by atoms with van der Waals surface area (Å²) in [6.45, 7) is 5.52. The molecule has 1 aromatic rings. The average molecular weight is 358 g/mol. The van der Waals surface area contributed by atoms with Gasteiger partial charge in [0, 0.05) is 32.2 Å². The number of ether oxygens (including phenoxy) is 2.